The zero-order valence-electron chi connectivity index (χ0n) is 19.7. The van der Waals surface area contributed by atoms with Gasteiger partial charge >= 0.3 is 18.5 Å². The summed E-state index contributed by atoms with van der Waals surface area (Å²) in [5.41, 5.74) is -0.851. The third-order valence-electron chi connectivity index (χ3n) is 5.93. The Morgan fingerprint density at radius 1 is 0.605 bits per heavy atom. The van der Waals surface area contributed by atoms with E-state index in [9.17, 15) is 39.5 Å². The summed E-state index contributed by atoms with van der Waals surface area (Å²) >= 11 is 0. The lowest BCUT2D eigenvalue weighted by Gasteiger charge is -2.14. The number of benzene rings is 3. The SMILES string of the molecule is Cc1cc(C(F)(F)F)ccc1-c1c(-c2ccc(C(F)(F)F)cc2)nc(-c2ccc(C(F)(F)F)cc2)c[n+]1C. The molecule has 2 nitrogen and oxygen atoms in total. The van der Waals surface area contributed by atoms with Crippen molar-refractivity contribution < 1.29 is 44.1 Å². The Bertz CT molecular complexity index is 1470. The van der Waals surface area contributed by atoms with E-state index in [1.807, 2.05) is 0 Å². The van der Waals surface area contributed by atoms with Crippen LogP contribution in [0.5, 0.6) is 0 Å². The van der Waals surface area contributed by atoms with Crippen molar-refractivity contribution in [3.05, 3.63) is 95.2 Å². The van der Waals surface area contributed by atoms with Crippen LogP contribution >= 0.6 is 0 Å². The molecule has 0 saturated heterocycles. The van der Waals surface area contributed by atoms with Crippen molar-refractivity contribution in [2.75, 3.05) is 0 Å². The second-order valence-corrected chi connectivity index (χ2v) is 8.61. The fourth-order valence-corrected chi connectivity index (χ4v) is 4.03. The Kier molecular flexibility index (Phi) is 6.75. The minimum Gasteiger partial charge on any atom is -0.234 e. The Labute approximate surface area is 211 Å². The second kappa shape index (κ2) is 9.45. The van der Waals surface area contributed by atoms with Gasteiger partial charge in [0, 0.05) is 11.1 Å². The van der Waals surface area contributed by atoms with Crippen molar-refractivity contribution in [3.8, 4) is 33.8 Å². The largest absolute Gasteiger partial charge is 0.416 e. The zero-order valence-corrected chi connectivity index (χ0v) is 19.7. The highest BCUT2D eigenvalue weighted by atomic mass is 19.4. The molecular weight excluding hydrogens is 523 g/mol. The number of hydrogen-bond donors (Lipinski definition) is 0. The molecule has 0 bridgehead atoms. The molecule has 0 atom stereocenters. The van der Waals surface area contributed by atoms with Gasteiger partial charge in [0.1, 0.15) is 18.4 Å². The first-order chi connectivity index (χ1) is 17.6. The molecule has 3 aromatic carbocycles. The number of nitrogens with zero attached hydrogens (tertiary/aromatic N) is 2. The molecule has 0 unspecified atom stereocenters. The topological polar surface area (TPSA) is 16.8 Å². The van der Waals surface area contributed by atoms with E-state index in [1.54, 1.807) is 7.05 Å². The lowest BCUT2D eigenvalue weighted by atomic mass is 9.97. The smallest absolute Gasteiger partial charge is 0.234 e. The number of aryl methyl sites for hydroxylation is 2. The Morgan fingerprint density at radius 2 is 1.05 bits per heavy atom. The van der Waals surface area contributed by atoms with Crippen molar-refractivity contribution in [1.82, 2.24) is 4.98 Å². The van der Waals surface area contributed by atoms with Gasteiger partial charge in [-0.1, -0.05) is 24.3 Å². The van der Waals surface area contributed by atoms with Crippen molar-refractivity contribution >= 4 is 0 Å². The van der Waals surface area contributed by atoms with Crippen molar-refractivity contribution in [2.45, 2.75) is 25.5 Å². The van der Waals surface area contributed by atoms with Crippen molar-refractivity contribution in [3.63, 3.8) is 0 Å². The Morgan fingerprint density at radius 3 is 1.50 bits per heavy atom. The minimum atomic E-state index is -4.59. The van der Waals surface area contributed by atoms with Gasteiger partial charge in [-0.2, -0.15) is 44.1 Å². The summed E-state index contributed by atoms with van der Waals surface area (Å²) in [5, 5.41) is 0. The molecule has 0 fully saturated rings. The average Bonchev–Trinajstić information content (AvgIpc) is 2.82. The third-order valence-corrected chi connectivity index (χ3v) is 5.93. The van der Waals surface area contributed by atoms with E-state index in [4.69, 9.17) is 0 Å². The van der Waals surface area contributed by atoms with Crippen LogP contribution in [0, 0.1) is 6.92 Å². The van der Waals surface area contributed by atoms with Crippen LogP contribution in [0.1, 0.15) is 22.3 Å². The first kappa shape index (κ1) is 27.2. The monoisotopic (exact) mass is 541 g/mol. The van der Waals surface area contributed by atoms with Gasteiger partial charge in [-0.3, -0.25) is 0 Å². The van der Waals surface area contributed by atoms with Gasteiger partial charge in [0.2, 0.25) is 5.69 Å². The van der Waals surface area contributed by atoms with E-state index in [1.165, 1.54) is 48.0 Å². The summed E-state index contributed by atoms with van der Waals surface area (Å²) in [5.74, 6) is 0. The van der Waals surface area contributed by atoms with Crippen LogP contribution in [0.4, 0.5) is 39.5 Å². The normalized spacial score (nSPS) is 12.6. The van der Waals surface area contributed by atoms with Crippen molar-refractivity contribution in [1.29, 1.82) is 0 Å². The van der Waals surface area contributed by atoms with Crippen LogP contribution in [0.25, 0.3) is 33.8 Å². The lowest BCUT2D eigenvalue weighted by Crippen LogP contribution is -2.32. The molecule has 11 heteroatoms. The van der Waals surface area contributed by atoms with E-state index >= 15 is 0 Å². The first-order valence-electron chi connectivity index (χ1n) is 11.0. The second-order valence-electron chi connectivity index (χ2n) is 8.61. The molecule has 0 N–H and O–H groups in total. The molecule has 0 spiro atoms. The lowest BCUT2D eigenvalue weighted by molar-refractivity contribution is -0.659. The molecule has 1 aromatic heterocycles. The van der Waals surface area contributed by atoms with Crippen molar-refractivity contribution in [2.24, 2.45) is 7.05 Å². The summed E-state index contributed by atoms with van der Waals surface area (Å²) in [6, 6.07) is 11.4. The molecule has 0 saturated carbocycles. The maximum absolute atomic E-state index is 13.2. The predicted molar refractivity (Wildman–Crippen MR) is 121 cm³/mol. The molecule has 0 radical (unpaired) electrons. The highest BCUT2D eigenvalue weighted by Gasteiger charge is 2.33. The molecule has 0 amide bonds. The number of alkyl halides is 9. The predicted octanol–water partition coefficient (Wildman–Crippen LogP) is 8.27. The molecule has 4 rings (SSSR count). The van der Waals surface area contributed by atoms with Gasteiger partial charge in [-0.15, -0.1) is 0 Å². The summed E-state index contributed by atoms with van der Waals surface area (Å²) < 4.78 is 120. The summed E-state index contributed by atoms with van der Waals surface area (Å²) in [4.78, 5) is 4.54. The molecule has 0 aliphatic carbocycles. The standard InChI is InChI=1S/C27H18F9N2/c1-15-13-20(27(34,35)36)11-12-21(15)24-23(17-5-9-19(10-6-17)26(31,32)33)37-22(14-38(24)2)16-3-7-18(8-4-16)25(28,29)30/h3-14H,1-2H3/q+1. The maximum Gasteiger partial charge on any atom is 0.416 e. The molecular formula is C27H18F9N2+. The summed E-state index contributed by atoms with van der Waals surface area (Å²) in [7, 11) is 1.56. The fraction of sp³-hybridized carbons (Fsp3) is 0.185. The van der Waals surface area contributed by atoms with E-state index < -0.39 is 35.2 Å². The van der Waals surface area contributed by atoms with Gasteiger partial charge < -0.3 is 0 Å². The highest BCUT2D eigenvalue weighted by Crippen LogP contribution is 2.37. The highest BCUT2D eigenvalue weighted by molar-refractivity contribution is 5.79. The van der Waals surface area contributed by atoms with E-state index in [0.717, 1.165) is 36.4 Å². The Balaban J connectivity index is 1.93. The number of aromatic nitrogens is 2. The molecule has 4 aromatic rings. The summed E-state index contributed by atoms with van der Waals surface area (Å²) in [6.45, 7) is 1.46. The van der Waals surface area contributed by atoms with Gasteiger partial charge in [-0.25, -0.2) is 4.98 Å². The Hall–Kier alpha value is -3.89. The van der Waals surface area contributed by atoms with E-state index in [0.29, 0.717) is 16.8 Å². The minimum absolute atomic E-state index is 0.140. The van der Waals surface area contributed by atoms with Crippen LogP contribution in [0.3, 0.4) is 0 Å². The quantitative estimate of drug-likeness (QED) is 0.189. The van der Waals surface area contributed by atoms with Gasteiger partial charge in [0.15, 0.2) is 6.20 Å². The van der Waals surface area contributed by atoms with Crippen LogP contribution in [0.15, 0.2) is 72.9 Å². The number of hydrogen-bond acceptors (Lipinski definition) is 1. The average molecular weight is 541 g/mol. The van der Waals surface area contributed by atoms with Gasteiger partial charge in [-0.05, 0) is 55.0 Å². The molecule has 1 heterocycles. The zero-order chi connectivity index (χ0) is 28.0. The fourth-order valence-electron chi connectivity index (χ4n) is 4.03. The molecule has 0 aliphatic rings. The number of halogens is 9. The van der Waals surface area contributed by atoms with Crippen LogP contribution in [0.2, 0.25) is 0 Å². The van der Waals surface area contributed by atoms with Crippen LogP contribution < -0.4 is 4.57 Å². The molecule has 198 valence electrons. The number of rotatable bonds is 3. The van der Waals surface area contributed by atoms with Gasteiger partial charge in [0.05, 0.1) is 22.3 Å². The molecule has 0 aliphatic heterocycles. The summed E-state index contributed by atoms with van der Waals surface area (Å²) in [6.07, 6.45) is -12.2. The van der Waals surface area contributed by atoms with Crippen LogP contribution in [-0.4, -0.2) is 4.98 Å². The van der Waals surface area contributed by atoms with E-state index in [2.05, 4.69) is 4.98 Å². The van der Waals surface area contributed by atoms with Crippen LogP contribution in [-0.2, 0) is 25.6 Å². The maximum atomic E-state index is 13.2. The van der Waals surface area contributed by atoms with Gasteiger partial charge in [0.25, 0.3) is 0 Å². The molecule has 38 heavy (non-hydrogen) atoms. The first-order valence-corrected chi connectivity index (χ1v) is 11.0. The van der Waals surface area contributed by atoms with E-state index in [-0.39, 0.29) is 22.5 Å². The third kappa shape index (κ3) is 5.51.